The van der Waals surface area contributed by atoms with E-state index in [1.807, 2.05) is 54.3 Å². The second-order valence-corrected chi connectivity index (χ2v) is 10.9. The van der Waals surface area contributed by atoms with Gasteiger partial charge < -0.3 is 15.5 Å². The molecule has 0 bridgehead atoms. The first-order chi connectivity index (χ1) is 17.3. The number of para-hydroxylation sites is 1. The Morgan fingerprint density at radius 1 is 1.19 bits per heavy atom. The number of fused-ring (bicyclic) bond motifs is 1. The molecule has 6 rings (SSSR count). The number of hydrogen-bond donors (Lipinski definition) is 2. The van der Waals surface area contributed by atoms with Gasteiger partial charge in [0.05, 0.1) is 25.7 Å². The number of nitrogens with one attached hydrogen (secondary N) is 2. The maximum atomic E-state index is 13.2. The molecule has 10 heteroatoms. The fraction of sp³-hybridized carbons (Fsp3) is 0.231. The monoisotopic (exact) mass is 519 g/mol. The molecule has 3 aromatic carbocycles. The molecule has 0 unspecified atom stereocenters. The Kier molecular flexibility index (Phi) is 5.44. The molecule has 2 aliphatic heterocycles. The van der Waals surface area contributed by atoms with Crippen molar-refractivity contribution in [3.8, 4) is 10.6 Å². The number of hydrogen-bond acceptors (Lipinski definition) is 7. The van der Waals surface area contributed by atoms with Crippen LogP contribution in [-0.2, 0) is 0 Å². The van der Waals surface area contributed by atoms with Crippen LogP contribution in [-0.4, -0.2) is 42.0 Å². The molecule has 2 aliphatic rings. The molecule has 4 aromatic rings. The van der Waals surface area contributed by atoms with Crippen LogP contribution in [0.4, 0.5) is 17.1 Å². The molecule has 2 N–H and O–H groups in total. The van der Waals surface area contributed by atoms with Gasteiger partial charge in [-0.2, -0.15) is 0 Å². The van der Waals surface area contributed by atoms with E-state index < -0.39 is 10.8 Å². The van der Waals surface area contributed by atoms with E-state index in [0.717, 1.165) is 52.5 Å². The summed E-state index contributed by atoms with van der Waals surface area (Å²) in [5.41, 5.74) is 3.85. The highest BCUT2D eigenvalue weighted by atomic mass is 35.5. The van der Waals surface area contributed by atoms with Crippen LogP contribution in [0, 0.1) is 22.5 Å². The quantitative estimate of drug-likeness (QED) is 0.267. The number of nitro groups is 1. The van der Waals surface area contributed by atoms with Gasteiger partial charge in [-0.3, -0.25) is 14.9 Å². The third kappa shape index (κ3) is 3.89. The average molecular weight is 520 g/mol. The summed E-state index contributed by atoms with van der Waals surface area (Å²) < 4.78 is 1.08. The second kappa shape index (κ2) is 8.55. The molecule has 0 aliphatic carbocycles. The highest BCUT2D eigenvalue weighted by Crippen LogP contribution is 2.43. The second-order valence-electron chi connectivity index (χ2n) is 9.51. The SMILES string of the molecule is Cc1ccc(-c2nc3ccccc3s2)cc1NC(=O)c1cc([N+](=O)[O-])c(N2CC3(CNC3)C2)cc1Cl. The standard InChI is InChI=1S/C26H22ClN5O3S/c1-15-6-7-16(25-30-19-4-2-3-5-23(19)36-25)8-20(15)29-24(33)17-9-22(32(34)35)21(10-18(17)27)31-13-26(14-31)11-28-12-26/h2-10,28H,11-14H2,1H3,(H,29,33). The van der Waals surface area contributed by atoms with Crippen molar-refractivity contribution in [2.75, 3.05) is 36.4 Å². The van der Waals surface area contributed by atoms with Crippen LogP contribution in [0.3, 0.4) is 0 Å². The van der Waals surface area contributed by atoms with E-state index >= 15 is 0 Å². The number of halogens is 1. The van der Waals surface area contributed by atoms with E-state index in [2.05, 4.69) is 10.6 Å². The maximum Gasteiger partial charge on any atom is 0.293 e. The van der Waals surface area contributed by atoms with Gasteiger partial charge in [-0.1, -0.05) is 35.9 Å². The van der Waals surface area contributed by atoms with Gasteiger partial charge in [-0.25, -0.2) is 4.98 Å². The predicted molar refractivity (Wildman–Crippen MR) is 143 cm³/mol. The topological polar surface area (TPSA) is 100 Å². The molecule has 182 valence electrons. The minimum atomic E-state index is -0.498. The largest absolute Gasteiger partial charge is 0.364 e. The lowest BCUT2D eigenvalue weighted by atomic mass is 9.74. The zero-order valence-corrected chi connectivity index (χ0v) is 20.9. The smallest absolute Gasteiger partial charge is 0.293 e. The van der Waals surface area contributed by atoms with E-state index in [1.54, 1.807) is 11.3 Å². The normalized spacial score (nSPS) is 16.0. The lowest BCUT2D eigenvalue weighted by Crippen LogP contribution is -2.71. The number of nitro benzene ring substituents is 1. The number of aryl methyl sites for hydroxylation is 1. The first kappa shape index (κ1) is 22.9. The summed E-state index contributed by atoms with van der Waals surface area (Å²) in [5, 5.41) is 19.0. The highest BCUT2D eigenvalue weighted by Gasteiger charge is 2.49. The molecule has 0 radical (unpaired) electrons. The van der Waals surface area contributed by atoms with E-state index in [1.165, 1.54) is 12.1 Å². The van der Waals surface area contributed by atoms with Gasteiger partial charge in [0, 0.05) is 48.9 Å². The van der Waals surface area contributed by atoms with Gasteiger partial charge in [0.25, 0.3) is 11.6 Å². The van der Waals surface area contributed by atoms with Crippen LogP contribution in [0.2, 0.25) is 5.02 Å². The first-order valence-electron chi connectivity index (χ1n) is 11.5. The van der Waals surface area contributed by atoms with Gasteiger partial charge in [0.1, 0.15) is 10.7 Å². The fourth-order valence-electron chi connectivity index (χ4n) is 4.84. The zero-order chi connectivity index (χ0) is 25.0. The summed E-state index contributed by atoms with van der Waals surface area (Å²) in [6.07, 6.45) is 0. The van der Waals surface area contributed by atoms with Crippen molar-refractivity contribution < 1.29 is 9.72 Å². The van der Waals surface area contributed by atoms with Crippen LogP contribution < -0.4 is 15.5 Å². The van der Waals surface area contributed by atoms with Crippen molar-refractivity contribution in [1.82, 2.24) is 10.3 Å². The Morgan fingerprint density at radius 3 is 2.67 bits per heavy atom. The third-order valence-corrected chi connectivity index (χ3v) is 8.32. The minimum Gasteiger partial charge on any atom is -0.364 e. The Hall–Kier alpha value is -3.53. The number of carbonyl (C=O) groups is 1. The summed E-state index contributed by atoms with van der Waals surface area (Å²) in [4.78, 5) is 31.3. The Bertz CT molecular complexity index is 1510. The van der Waals surface area contributed by atoms with E-state index in [-0.39, 0.29) is 21.7 Å². The Balaban J connectivity index is 1.28. The summed E-state index contributed by atoms with van der Waals surface area (Å²) in [5.74, 6) is -0.498. The first-order valence-corrected chi connectivity index (χ1v) is 12.7. The molecule has 0 saturated carbocycles. The number of aromatic nitrogens is 1. The summed E-state index contributed by atoms with van der Waals surface area (Å²) >= 11 is 8.07. The number of amides is 1. The van der Waals surface area contributed by atoms with Crippen LogP contribution >= 0.6 is 22.9 Å². The third-order valence-electron chi connectivity index (χ3n) is 6.93. The fourth-order valence-corrected chi connectivity index (χ4v) is 6.04. The van der Waals surface area contributed by atoms with Crippen LogP contribution in [0.25, 0.3) is 20.8 Å². The van der Waals surface area contributed by atoms with Crippen molar-refractivity contribution in [3.05, 3.63) is 80.9 Å². The van der Waals surface area contributed by atoms with Crippen molar-refractivity contribution in [1.29, 1.82) is 0 Å². The summed E-state index contributed by atoms with van der Waals surface area (Å²) in [6, 6.07) is 16.5. The molecular formula is C26H22ClN5O3S. The number of benzene rings is 3. The van der Waals surface area contributed by atoms with Gasteiger partial charge in [0.15, 0.2) is 0 Å². The average Bonchev–Trinajstić information content (AvgIpc) is 3.23. The molecular weight excluding hydrogens is 498 g/mol. The van der Waals surface area contributed by atoms with Crippen molar-refractivity contribution >= 4 is 56.1 Å². The molecule has 0 atom stereocenters. The van der Waals surface area contributed by atoms with Crippen LogP contribution in [0.1, 0.15) is 15.9 Å². The molecule has 2 fully saturated rings. The summed E-state index contributed by atoms with van der Waals surface area (Å²) in [6.45, 7) is 5.20. The van der Waals surface area contributed by atoms with Crippen LogP contribution in [0.15, 0.2) is 54.6 Å². The molecule has 3 heterocycles. The molecule has 2 saturated heterocycles. The number of rotatable bonds is 5. The number of thiazole rings is 1. The van der Waals surface area contributed by atoms with E-state index in [9.17, 15) is 14.9 Å². The van der Waals surface area contributed by atoms with Gasteiger partial charge in [-0.15, -0.1) is 11.3 Å². The van der Waals surface area contributed by atoms with E-state index in [0.29, 0.717) is 11.4 Å². The van der Waals surface area contributed by atoms with Gasteiger partial charge >= 0.3 is 0 Å². The molecule has 1 spiro atoms. The molecule has 8 nitrogen and oxygen atoms in total. The lowest BCUT2D eigenvalue weighted by Gasteiger charge is -2.56. The lowest BCUT2D eigenvalue weighted by molar-refractivity contribution is -0.384. The van der Waals surface area contributed by atoms with Gasteiger partial charge in [0.2, 0.25) is 0 Å². The van der Waals surface area contributed by atoms with E-state index in [4.69, 9.17) is 16.6 Å². The Labute approximate surface area is 216 Å². The number of anilines is 2. The van der Waals surface area contributed by atoms with Crippen molar-refractivity contribution in [3.63, 3.8) is 0 Å². The minimum absolute atomic E-state index is 0.0671. The van der Waals surface area contributed by atoms with Crippen LogP contribution in [0.5, 0.6) is 0 Å². The van der Waals surface area contributed by atoms with Crippen molar-refractivity contribution in [2.24, 2.45) is 5.41 Å². The molecule has 1 amide bonds. The Morgan fingerprint density at radius 2 is 1.97 bits per heavy atom. The highest BCUT2D eigenvalue weighted by molar-refractivity contribution is 7.21. The number of carbonyl (C=O) groups excluding carboxylic acids is 1. The zero-order valence-electron chi connectivity index (χ0n) is 19.4. The van der Waals surface area contributed by atoms with Gasteiger partial charge in [-0.05, 0) is 36.8 Å². The molecule has 36 heavy (non-hydrogen) atoms. The maximum absolute atomic E-state index is 13.2. The predicted octanol–water partition coefficient (Wildman–Crippen LogP) is 5.50. The summed E-state index contributed by atoms with van der Waals surface area (Å²) in [7, 11) is 0. The number of nitrogens with zero attached hydrogens (tertiary/aromatic N) is 3. The molecule has 1 aromatic heterocycles. The van der Waals surface area contributed by atoms with Crippen molar-refractivity contribution in [2.45, 2.75) is 6.92 Å².